The highest BCUT2D eigenvalue weighted by Gasteiger charge is 2.23. The van der Waals surface area contributed by atoms with Crippen molar-refractivity contribution >= 4 is 11.6 Å². The van der Waals surface area contributed by atoms with Gasteiger partial charge in [-0.15, -0.1) is 0 Å². The van der Waals surface area contributed by atoms with Crippen LogP contribution in [0.3, 0.4) is 0 Å². The zero-order valence-corrected chi connectivity index (χ0v) is 12.2. The lowest BCUT2D eigenvalue weighted by Gasteiger charge is -2.19. The van der Waals surface area contributed by atoms with Crippen LogP contribution >= 0.6 is 0 Å². The summed E-state index contributed by atoms with van der Waals surface area (Å²) in [5, 5.41) is 6.66. The van der Waals surface area contributed by atoms with E-state index in [0.29, 0.717) is 6.04 Å². The molecule has 0 aliphatic carbocycles. The summed E-state index contributed by atoms with van der Waals surface area (Å²) in [6, 6.07) is 2.51. The second-order valence-corrected chi connectivity index (χ2v) is 5.37. The first kappa shape index (κ1) is 14.1. The van der Waals surface area contributed by atoms with Gasteiger partial charge < -0.3 is 15.5 Å². The summed E-state index contributed by atoms with van der Waals surface area (Å²) in [6.45, 7) is 7.59. The standard InChI is InChI=1S/C14H25N5/c1-4-11(2)18-13-7-14(17-10-16-13)19-6-5-12(9-19)8-15-3/h7,10-12,15H,4-6,8-9H2,1-3H3,(H,16,17,18). The number of hydrogen-bond acceptors (Lipinski definition) is 5. The van der Waals surface area contributed by atoms with Crippen molar-refractivity contribution in [2.24, 2.45) is 5.92 Å². The van der Waals surface area contributed by atoms with Crippen molar-refractivity contribution in [2.75, 3.05) is 36.9 Å². The molecule has 2 atom stereocenters. The normalized spacial score (nSPS) is 20.6. The molecular weight excluding hydrogens is 238 g/mol. The van der Waals surface area contributed by atoms with Gasteiger partial charge in [0.15, 0.2) is 0 Å². The van der Waals surface area contributed by atoms with Crippen molar-refractivity contribution in [1.29, 1.82) is 0 Å². The van der Waals surface area contributed by atoms with Gasteiger partial charge in [-0.05, 0) is 39.3 Å². The maximum absolute atomic E-state index is 4.40. The van der Waals surface area contributed by atoms with Gasteiger partial charge in [0.2, 0.25) is 0 Å². The Morgan fingerprint density at radius 1 is 1.47 bits per heavy atom. The molecule has 1 saturated heterocycles. The molecule has 1 fully saturated rings. The highest BCUT2D eigenvalue weighted by molar-refractivity contribution is 5.49. The van der Waals surface area contributed by atoms with Crippen molar-refractivity contribution in [1.82, 2.24) is 15.3 Å². The first-order valence-electron chi connectivity index (χ1n) is 7.21. The first-order valence-corrected chi connectivity index (χ1v) is 7.21. The molecule has 2 heterocycles. The monoisotopic (exact) mass is 263 g/mol. The fraction of sp³-hybridized carbons (Fsp3) is 0.714. The van der Waals surface area contributed by atoms with Crippen LogP contribution in [-0.4, -0.2) is 42.7 Å². The van der Waals surface area contributed by atoms with Crippen molar-refractivity contribution in [2.45, 2.75) is 32.7 Å². The SMILES string of the molecule is CCC(C)Nc1cc(N2CCC(CNC)C2)ncn1. The summed E-state index contributed by atoms with van der Waals surface area (Å²) in [5.74, 6) is 2.70. The Bertz CT molecular complexity index is 395. The maximum Gasteiger partial charge on any atom is 0.134 e. The first-order chi connectivity index (χ1) is 9.22. The van der Waals surface area contributed by atoms with Crippen molar-refractivity contribution in [3.8, 4) is 0 Å². The van der Waals surface area contributed by atoms with Gasteiger partial charge in [-0.1, -0.05) is 6.92 Å². The molecule has 1 aromatic heterocycles. The zero-order valence-electron chi connectivity index (χ0n) is 12.2. The van der Waals surface area contributed by atoms with Crippen LogP contribution < -0.4 is 15.5 Å². The fourth-order valence-corrected chi connectivity index (χ4v) is 2.45. The van der Waals surface area contributed by atoms with Crippen molar-refractivity contribution in [3.05, 3.63) is 12.4 Å². The Kier molecular flexibility index (Phi) is 4.96. The molecule has 106 valence electrons. The van der Waals surface area contributed by atoms with E-state index in [-0.39, 0.29) is 0 Å². The second kappa shape index (κ2) is 6.70. The third kappa shape index (κ3) is 3.80. The van der Waals surface area contributed by atoms with Crippen LogP contribution in [0.4, 0.5) is 11.6 Å². The van der Waals surface area contributed by atoms with Crippen LogP contribution in [0.5, 0.6) is 0 Å². The van der Waals surface area contributed by atoms with E-state index < -0.39 is 0 Å². The summed E-state index contributed by atoms with van der Waals surface area (Å²) in [4.78, 5) is 11.0. The van der Waals surface area contributed by atoms with E-state index in [0.717, 1.165) is 43.6 Å². The van der Waals surface area contributed by atoms with Gasteiger partial charge in [-0.3, -0.25) is 0 Å². The number of anilines is 2. The Morgan fingerprint density at radius 3 is 3.05 bits per heavy atom. The van der Waals surface area contributed by atoms with Crippen LogP contribution in [0.1, 0.15) is 26.7 Å². The van der Waals surface area contributed by atoms with Gasteiger partial charge in [0.05, 0.1) is 0 Å². The molecule has 2 unspecified atom stereocenters. The molecule has 0 spiro atoms. The minimum Gasteiger partial charge on any atom is -0.367 e. The molecule has 0 radical (unpaired) electrons. The lowest BCUT2D eigenvalue weighted by Crippen LogP contribution is -2.25. The smallest absolute Gasteiger partial charge is 0.134 e. The predicted molar refractivity (Wildman–Crippen MR) is 79.7 cm³/mol. The second-order valence-electron chi connectivity index (χ2n) is 5.37. The van der Waals surface area contributed by atoms with Crippen molar-refractivity contribution in [3.63, 3.8) is 0 Å². The number of aromatic nitrogens is 2. The molecule has 0 bridgehead atoms. The highest BCUT2D eigenvalue weighted by Crippen LogP contribution is 2.23. The third-order valence-electron chi connectivity index (χ3n) is 3.76. The summed E-state index contributed by atoms with van der Waals surface area (Å²) in [6.07, 6.45) is 3.98. The molecule has 0 saturated carbocycles. The minimum absolute atomic E-state index is 0.443. The lowest BCUT2D eigenvalue weighted by molar-refractivity contribution is 0.549. The van der Waals surface area contributed by atoms with E-state index in [1.807, 2.05) is 7.05 Å². The molecule has 5 heteroatoms. The zero-order chi connectivity index (χ0) is 13.7. The van der Waals surface area contributed by atoms with Crippen LogP contribution in [0.25, 0.3) is 0 Å². The third-order valence-corrected chi connectivity index (χ3v) is 3.76. The molecule has 2 N–H and O–H groups in total. The fourth-order valence-electron chi connectivity index (χ4n) is 2.45. The molecular formula is C14H25N5. The van der Waals surface area contributed by atoms with Gasteiger partial charge in [-0.25, -0.2) is 9.97 Å². The number of hydrogen-bond donors (Lipinski definition) is 2. The van der Waals surface area contributed by atoms with E-state index in [9.17, 15) is 0 Å². The van der Waals surface area contributed by atoms with Crippen LogP contribution in [0, 0.1) is 5.92 Å². The van der Waals surface area contributed by atoms with E-state index >= 15 is 0 Å². The van der Waals surface area contributed by atoms with E-state index in [2.05, 4.69) is 45.4 Å². The Balaban J connectivity index is 1.99. The molecule has 19 heavy (non-hydrogen) atoms. The average molecular weight is 263 g/mol. The van der Waals surface area contributed by atoms with Crippen LogP contribution in [-0.2, 0) is 0 Å². The van der Waals surface area contributed by atoms with Gasteiger partial charge in [0.25, 0.3) is 0 Å². The Morgan fingerprint density at radius 2 is 2.32 bits per heavy atom. The largest absolute Gasteiger partial charge is 0.367 e. The molecule has 1 aliphatic heterocycles. The number of nitrogens with zero attached hydrogens (tertiary/aromatic N) is 3. The summed E-state index contributed by atoms with van der Waals surface area (Å²) >= 11 is 0. The summed E-state index contributed by atoms with van der Waals surface area (Å²) in [5.41, 5.74) is 0. The molecule has 1 aliphatic rings. The maximum atomic E-state index is 4.40. The number of rotatable bonds is 6. The quantitative estimate of drug-likeness (QED) is 0.818. The van der Waals surface area contributed by atoms with Gasteiger partial charge in [0.1, 0.15) is 18.0 Å². The van der Waals surface area contributed by atoms with Gasteiger partial charge in [0, 0.05) is 25.2 Å². The Labute approximate surface area is 115 Å². The molecule has 2 rings (SSSR count). The van der Waals surface area contributed by atoms with E-state index in [1.165, 1.54) is 6.42 Å². The molecule has 5 nitrogen and oxygen atoms in total. The lowest BCUT2D eigenvalue weighted by atomic mass is 10.1. The number of nitrogens with one attached hydrogen (secondary N) is 2. The van der Waals surface area contributed by atoms with Crippen molar-refractivity contribution < 1.29 is 0 Å². The molecule has 0 amide bonds. The molecule has 1 aromatic rings. The Hall–Kier alpha value is -1.36. The van der Waals surface area contributed by atoms with E-state index in [4.69, 9.17) is 0 Å². The van der Waals surface area contributed by atoms with Crippen LogP contribution in [0.2, 0.25) is 0 Å². The van der Waals surface area contributed by atoms with Gasteiger partial charge >= 0.3 is 0 Å². The predicted octanol–water partition coefficient (Wildman–Crippen LogP) is 1.73. The van der Waals surface area contributed by atoms with Gasteiger partial charge in [-0.2, -0.15) is 0 Å². The summed E-state index contributed by atoms with van der Waals surface area (Å²) in [7, 11) is 2.02. The topological polar surface area (TPSA) is 53.1 Å². The molecule has 0 aromatic carbocycles. The van der Waals surface area contributed by atoms with E-state index in [1.54, 1.807) is 6.33 Å². The minimum atomic E-state index is 0.443. The average Bonchev–Trinajstić information content (AvgIpc) is 2.88. The van der Waals surface area contributed by atoms with Crippen LogP contribution in [0.15, 0.2) is 12.4 Å². The summed E-state index contributed by atoms with van der Waals surface area (Å²) < 4.78 is 0. The highest BCUT2D eigenvalue weighted by atomic mass is 15.2.